The normalized spacial score (nSPS) is 10.9. The third-order valence-electron chi connectivity index (χ3n) is 8.87. The Kier molecular flexibility index (Phi) is 7.23. The zero-order valence-corrected chi connectivity index (χ0v) is 25.8. The van der Waals surface area contributed by atoms with Crippen LogP contribution in [0.1, 0.15) is 5.56 Å². The number of rotatable bonds is 5. The van der Waals surface area contributed by atoms with Crippen LogP contribution < -0.4 is 0 Å². The van der Waals surface area contributed by atoms with Crippen molar-refractivity contribution in [2.45, 2.75) is 0 Å². The fourth-order valence-electron chi connectivity index (χ4n) is 6.61. The number of nitrogens with zero attached hydrogens (tertiary/aromatic N) is 4. The van der Waals surface area contributed by atoms with Gasteiger partial charge in [-0.2, -0.15) is 5.26 Å². The molecule has 6 aromatic carbocycles. The van der Waals surface area contributed by atoms with E-state index in [0.29, 0.717) is 11.3 Å². The highest BCUT2D eigenvalue weighted by atomic mass is 14.7. The highest BCUT2D eigenvalue weighted by molar-refractivity contribution is 6.12. The van der Waals surface area contributed by atoms with Crippen molar-refractivity contribution >= 4 is 27.2 Å². The van der Waals surface area contributed by atoms with Crippen LogP contribution in [0.4, 0.5) is 5.69 Å². The van der Waals surface area contributed by atoms with E-state index in [0.717, 1.165) is 44.5 Å². The Hall–Kier alpha value is -6.88. The maximum atomic E-state index is 9.39. The lowest BCUT2D eigenvalue weighted by Crippen LogP contribution is -1.90. The molecule has 222 valence electrons. The van der Waals surface area contributed by atoms with Gasteiger partial charge in [0.25, 0.3) is 0 Å². The predicted molar refractivity (Wildman–Crippen MR) is 195 cm³/mol. The fourth-order valence-corrected chi connectivity index (χ4v) is 6.61. The van der Waals surface area contributed by atoms with Crippen molar-refractivity contribution in [1.82, 2.24) is 9.97 Å². The largest absolute Gasteiger partial charge is 0.276 e. The number of benzene rings is 6. The lowest BCUT2D eigenvalue weighted by Gasteiger charge is -2.16. The molecule has 4 heteroatoms. The second kappa shape index (κ2) is 12.1. The summed E-state index contributed by atoms with van der Waals surface area (Å²) in [5.41, 5.74) is 11.8. The molecule has 0 aliphatic heterocycles. The van der Waals surface area contributed by atoms with Crippen LogP contribution in [0.3, 0.4) is 0 Å². The fraction of sp³-hybridized carbons (Fsp3) is 0. The summed E-state index contributed by atoms with van der Waals surface area (Å²) in [6, 6.07) is 48.9. The zero-order valence-electron chi connectivity index (χ0n) is 25.8. The summed E-state index contributed by atoms with van der Waals surface area (Å²) in [6.45, 7) is 7.39. The third kappa shape index (κ3) is 5.14. The standard InChI is InChI=1S/C44H26N4/c1-46-36-23-35(27-48-28-36)31-9-7-11-33(22-31)38-17-19-44(42-15-5-3-13-40(38)42)43-18-16-37(39-12-2-4-14-41(39)43)32-10-6-8-30(21-32)34-20-29(24-45)25-47-26-34/h2-23,25-28H. The highest BCUT2D eigenvalue weighted by Gasteiger charge is 2.15. The number of aromatic nitrogens is 2. The van der Waals surface area contributed by atoms with Crippen LogP contribution in [0.25, 0.3) is 82.0 Å². The molecule has 0 saturated heterocycles. The van der Waals surface area contributed by atoms with Crippen molar-refractivity contribution in [3.05, 3.63) is 175 Å². The van der Waals surface area contributed by atoms with Gasteiger partial charge in [-0.15, -0.1) is 0 Å². The van der Waals surface area contributed by atoms with E-state index in [9.17, 15) is 5.26 Å². The molecular formula is C44H26N4. The molecule has 0 unspecified atom stereocenters. The van der Waals surface area contributed by atoms with E-state index in [1.165, 1.54) is 32.7 Å². The summed E-state index contributed by atoms with van der Waals surface area (Å²) >= 11 is 0. The van der Waals surface area contributed by atoms with Gasteiger partial charge in [-0.3, -0.25) is 9.97 Å². The summed E-state index contributed by atoms with van der Waals surface area (Å²) in [6.07, 6.45) is 6.79. The molecule has 8 aromatic rings. The molecule has 0 aliphatic rings. The Balaban J connectivity index is 1.24. The molecule has 0 amide bonds. The van der Waals surface area contributed by atoms with Gasteiger partial charge < -0.3 is 0 Å². The van der Waals surface area contributed by atoms with E-state index < -0.39 is 0 Å². The number of hydrogen-bond acceptors (Lipinski definition) is 3. The predicted octanol–water partition coefficient (Wildman–Crippen LogP) is 11.5. The Morgan fingerprint density at radius 3 is 1.42 bits per heavy atom. The average Bonchev–Trinajstić information content (AvgIpc) is 3.17. The van der Waals surface area contributed by atoms with E-state index in [1.807, 2.05) is 18.3 Å². The number of pyridine rings is 2. The van der Waals surface area contributed by atoms with Crippen LogP contribution in [-0.2, 0) is 0 Å². The summed E-state index contributed by atoms with van der Waals surface area (Å²) < 4.78 is 0. The van der Waals surface area contributed by atoms with Gasteiger partial charge in [0.05, 0.1) is 12.1 Å². The molecule has 0 aliphatic carbocycles. The van der Waals surface area contributed by atoms with Crippen molar-refractivity contribution in [2.75, 3.05) is 0 Å². The number of nitriles is 1. The smallest absolute Gasteiger partial charge is 0.205 e. The summed E-state index contributed by atoms with van der Waals surface area (Å²) in [4.78, 5) is 12.1. The van der Waals surface area contributed by atoms with Crippen LogP contribution in [-0.4, -0.2) is 9.97 Å². The third-order valence-corrected chi connectivity index (χ3v) is 8.87. The Labute approximate surface area is 278 Å². The van der Waals surface area contributed by atoms with Gasteiger partial charge in [-0.05, 0) is 95.9 Å². The molecule has 0 saturated carbocycles. The molecule has 0 fully saturated rings. The van der Waals surface area contributed by atoms with E-state index in [2.05, 4.69) is 142 Å². The molecule has 8 rings (SSSR count). The maximum Gasteiger partial charge on any atom is 0.205 e. The van der Waals surface area contributed by atoms with E-state index in [1.54, 1.807) is 18.6 Å². The van der Waals surface area contributed by atoms with Crippen molar-refractivity contribution in [1.29, 1.82) is 5.26 Å². The molecule has 0 atom stereocenters. The van der Waals surface area contributed by atoms with Gasteiger partial charge in [-0.25, -0.2) is 4.85 Å². The van der Waals surface area contributed by atoms with Crippen molar-refractivity contribution in [3.8, 4) is 61.7 Å². The Morgan fingerprint density at radius 1 is 0.438 bits per heavy atom. The topological polar surface area (TPSA) is 53.9 Å². The molecule has 2 heterocycles. The van der Waals surface area contributed by atoms with Crippen LogP contribution in [0.5, 0.6) is 0 Å². The van der Waals surface area contributed by atoms with Gasteiger partial charge in [0, 0.05) is 30.4 Å². The minimum absolute atomic E-state index is 0.529. The monoisotopic (exact) mass is 610 g/mol. The maximum absolute atomic E-state index is 9.39. The van der Waals surface area contributed by atoms with Gasteiger partial charge in [-0.1, -0.05) is 109 Å². The van der Waals surface area contributed by atoms with Gasteiger partial charge in [0.2, 0.25) is 5.69 Å². The summed E-state index contributed by atoms with van der Waals surface area (Å²) in [5.74, 6) is 0. The first-order valence-electron chi connectivity index (χ1n) is 15.6. The second-order valence-electron chi connectivity index (χ2n) is 11.7. The molecule has 0 spiro atoms. The lowest BCUT2D eigenvalue weighted by molar-refractivity contribution is 1.30. The number of fused-ring (bicyclic) bond motifs is 2. The molecule has 48 heavy (non-hydrogen) atoms. The van der Waals surface area contributed by atoms with Crippen LogP contribution in [0, 0.1) is 17.9 Å². The molecule has 0 N–H and O–H groups in total. The van der Waals surface area contributed by atoms with Gasteiger partial charge in [0.1, 0.15) is 6.07 Å². The van der Waals surface area contributed by atoms with Crippen molar-refractivity contribution in [2.24, 2.45) is 0 Å². The van der Waals surface area contributed by atoms with Crippen LogP contribution >= 0.6 is 0 Å². The first-order valence-corrected chi connectivity index (χ1v) is 15.6. The zero-order chi connectivity index (χ0) is 32.5. The first-order chi connectivity index (χ1) is 23.7. The molecular weight excluding hydrogens is 585 g/mol. The van der Waals surface area contributed by atoms with Crippen LogP contribution in [0.2, 0.25) is 0 Å². The summed E-state index contributed by atoms with van der Waals surface area (Å²) in [7, 11) is 0. The molecule has 4 nitrogen and oxygen atoms in total. The first kappa shape index (κ1) is 28.6. The minimum Gasteiger partial charge on any atom is -0.276 e. The van der Waals surface area contributed by atoms with Crippen molar-refractivity contribution < 1.29 is 0 Å². The van der Waals surface area contributed by atoms with Gasteiger partial charge >= 0.3 is 0 Å². The number of hydrogen-bond donors (Lipinski definition) is 0. The molecule has 0 radical (unpaired) electrons. The lowest BCUT2D eigenvalue weighted by atomic mass is 9.87. The molecule has 2 aromatic heterocycles. The van der Waals surface area contributed by atoms with Gasteiger partial charge in [0.15, 0.2) is 0 Å². The highest BCUT2D eigenvalue weighted by Crippen LogP contribution is 2.42. The Morgan fingerprint density at radius 2 is 0.896 bits per heavy atom. The van der Waals surface area contributed by atoms with E-state index in [-0.39, 0.29) is 0 Å². The minimum atomic E-state index is 0.529. The summed E-state index contributed by atoms with van der Waals surface area (Å²) in [5, 5.41) is 14.1. The van der Waals surface area contributed by atoms with E-state index >= 15 is 0 Å². The SMILES string of the molecule is [C-]#[N+]c1cncc(-c2cccc(-c3ccc(-c4ccc(-c5cccc(-c6cncc(C#N)c6)c5)c5ccccc45)c4ccccc34)c2)c1. The Bertz CT molecular complexity index is 2420. The van der Waals surface area contributed by atoms with Crippen LogP contribution in [0.15, 0.2) is 158 Å². The second-order valence-corrected chi connectivity index (χ2v) is 11.7. The quantitative estimate of drug-likeness (QED) is 0.182. The van der Waals surface area contributed by atoms with E-state index in [4.69, 9.17) is 6.57 Å². The average molecular weight is 611 g/mol. The molecule has 0 bridgehead atoms. The van der Waals surface area contributed by atoms with Crippen molar-refractivity contribution in [3.63, 3.8) is 0 Å².